The van der Waals surface area contributed by atoms with E-state index >= 15 is 0 Å². The number of aromatic nitrogens is 1. The van der Waals surface area contributed by atoms with Crippen LogP contribution in [-0.2, 0) is 6.42 Å². The summed E-state index contributed by atoms with van der Waals surface area (Å²) < 4.78 is 0. The van der Waals surface area contributed by atoms with E-state index in [2.05, 4.69) is 36.4 Å². The third-order valence-electron chi connectivity index (χ3n) is 3.60. The Kier molecular flexibility index (Phi) is 8.49. The molecule has 0 bridgehead atoms. The van der Waals surface area contributed by atoms with Crippen LogP contribution in [0.2, 0.25) is 0 Å². The molecule has 102 valence electrons. The molecular weight excluding hydrogens is 220 g/mol. The first-order chi connectivity index (χ1) is 8.86. The van der Waals surface area contributed by atoms with Gasteiger partial charge in [-0.05, 0) is 44.0 Å². The second-order valence-electron chi connectivity index (χ2n) is 5.08. The first-order valence-electron chi connectivity index (χ1n) is 7.43. The first-order valence-corrected chi connectivity index (χ1v) is 7.43. The molecule has 1 aromatic rings. The number of unbranched alkanes of at least 4 members (excludes halogenated alkanes) is 4. The van der Waals surface area contributed by atoms with E-state index in [4.69, 9.17) is 0 Å². The summed E-state index contributed by atoms with van der Waals surface area (Å²) in [5.41, 5.74) is 1.40. The lowest BCUT2D eigenvalue weighted by Crippen LogP contribution is -2.25. The highest BCUT2D eigenvalue weighted by Gasteiger charge is 2.05. The molecule has 2 nitrogen and oxygen atoms in total. The second kappa shape index (κ2) is 10.1. The van der Waals surface area contributed by atoms with Gasteiger partial charge in [0.05, 0.1) is 0 Å². The summed E-state index contributed by atoms with van der Waals surface area (Å²) in [6.07, 6.45) is 14.3. The van der Waals surface area contributed by atoms with Gasteiger partial charge in [0, 0.05) is 18.4 Å². The molecule has 1 atom stereocenters. The Hall–Kier alpha value is -0.890. The zero-order valence-corrected chi connectivity index (χ0v) is 12.0. The molecule has 0 aliphatic carbocycles. The molecule has 0 saturated carbocycles. The number of nitrogens with zero attached hydrogens (tertiary/aromatic N) is 1. The molecule has 1 aromatic heterocycles. The van der Waals surface area contributed by atoms with E-state index in [1.807, 2.05) is 12.4 Å². The van der Waals surface area contributed by atoms with Gasteiger partial charge in [-0.1, -0.05) is 39.0 Å². The van der Waals surface area contributed by atoms with E-state index in [1.165, 1.54) is 50.5 Å². The van der Waals surface area contributed by atoms with Crippen LogP contribution in [0.5, 0.6) is 0 Å². The standard InChI is InChI=1S/C16H28N2/c1-3-4-5-6-7-8-16(17-2)10-9-15-11-13-18-14-12-15/h11-14,16-17H,3-10H2,1-2H3. The molecule has 1 unspecified atom stereocenters. The molecule has 1 heterocycles. The Morgan fingerprint density at radius 1 is 1.06 bits per heavy atom. The van der Waals surface area contributed by atoms with Gasteiger partial charge in [-0.25, -0.2) is 0 Å². The molecule has 1 N–H and O–H groups in total. The maximum absolute atomic E-state index is 4.06. The topological polar surface area (TPSA) is 24.9 Å². The Labute approximate surface area is 112 Å². The number of rotatable bonds is 10. The van der Waals surface area contributed by atoms with Gasteiger partial charge in [0.15, 0.2) is 0 Å². The summed E-state index contributed by atoms with van der Waals surface area (Å²) in [5.74, 6) is 0. The smallest absolute Gasteiger partial charge is 0.0270 e. The lowest BCUT2D eigenvalue weighted by Gasteiger charge is -2.15. The average molecular weight is 248 g/mol. The van der Waals surface area contributed by atoms with Crippen LogP contribution < -0.4 is 5.32 Å². The van der Waals surface area contributed by atoms with Crippen LogP contribution in [0.4, 0.5) is 0 Å². The fourth-order valence-corrected chi connectivity index (χ4v) is 2.32. The Balaban J connectivity index is 2.13. The van der Waals surface area contributed by atoms with Crippen molar-refractivity contribution in [2.45, 2.75) is 64.3 Å². The van der Waals surface area contributed by atoms with E-state index in [9.17, 15) is 0 Å². The van der Waals surface area contributed by atoms with Crippen molar-refractivity contribution < 1.29 is 0 Å². The molecule has 0 radical (unpaired) electrons. The number of nitrogens with one attached hydrogen (secondary N) is 1. The lowest BCUT2D eigenvalue weighted by molar-refractivity contribution is 0.459. The summed E-state index contributed by atoms with van der Waals surface area (Å²) in [6, 6.07) is 4.90. The Morgan fingerprint density at radius 2 is 1.78 bits per heavy atom. The zero-order valence-electron chi connectivity index (χ0n) is 12.0. The fourth-order valence-electron chi connectivity index (χ4n) is 2.32. The molecule has 0 fully saturated rings. The van der Waals surface area contributed by atoms with Crippen LogP contribution in [0.15, 0.2) is 24.5 Å². The van der Waals surface area contributed by atoms with Gasteiger partial charge in [0.1, 0.15) is 0 Å². The van der Waals surface area contributed by atoms with E-state index in [0.29, 0.717) is 6.04 Å². The van der Waals surface area contributed by atoms with Crippen molar-refractivity contribution in [1.29, 1.82) is 0 Å². The van der Waals surface area contributed by atoms with E-state index in [0.717, 1.165) is 6.42 Å². The Bertz CT molecular complexity index is 284. The van der Waals surface area contributed by atoms with Crippen LogP contribution >= 0.6 is 0 Å². The molecule has 18 heavy (non-hydrogen) atoms. The highest BCUT2D eigenvalue weighted by atomic mass is 14.9. The van der Waals surface area contributed by atoms with Crippen molar-refractivity contribution in [3.05, 3.63) is 30.1 Å². The Morgan fingerprint density at radius 3 is 2.44 bits per heavy atom. The second-order valence-corrected chi connectivity index (χ2v) is 5.08. The van der Waals surface area contributed by atoms with Crippen molar-refractivity contribution in [3.8, 4) is 0 Å². The van der Waals surface area contributed by atoms with E-state index in [-0.39, 0.29) is 0 Å². The van der Waals surface area contributed by atoms with Crippen LogP contribution in [0.3, 0.4) is 0 Å². The van der Waals surface area contributed by atoms with Crippen molar-refractivity contribution >= 4 is 0 Å². The summed E-state index contributed by atoms with van der Waals surface area (Å²) in [4.78, 5) is 4.06. The molecular formula is C16H28N2. The number of aryl methyl sites for hydroxylation is 1. The SMILES string of the molecule is CCCCCCCC(CCc1ccncc1)NC. The van der Waals surface area contributed by atoms with Crippen molar-refractivity contribution in [3.63, 3.8) is 0 Å². The predicted molar refractivity (Wildman–Crippen MR) is 78.8 cm³/mol. The molecule has 2 heteroatoms. The van der Waals surface area contributed by atoms with Gasteiger partial charge in [0.25, 0.3) is 0 Å². The number of pyridine rings is 1. The van der Waals surface area contributed by atoms with Gasteiger partial charge in [-0.15, -0.1) is 0 Å². The van der Waals surface area contributed by atoms with E-state index < -0.39 is 0 Å². The zero-order chi connectivity index (χ0) is 13.1. The summed E-state index contributed by atoms with van der Waals surface area (Å²) in [5, 5.41) is 3.45. The third-order valence-corrected chi connectivity index (χ3v) is 3.60. The maximum Gasteiger partial charge on any atom is 0.0270 e. The largest absolute Gasteiger partial charge is 0.317 e. The molecule has 0 aliphatic rings. The van der Waals surface area contributed by atoms with Gasteiger partial charge in [-0.2, -0.15) is 0 Å². The molecule has 0 amide bonds. The van der Waals surface area contributed by atoms with E-state index in [1.54, 1.807) is 0 Å². The molecule has 1 rings (SSSR count). The summed E-state index contributed by atoms with van der Waals surface area (Å²) in [6.45, 7) is 2.27. The van der Waals surface area contributed by atoms with Crippen LogP contribution in [-0.4, -0.2) is 18.1 Å². The molecule has 0 aliphatic heterocycles. The van der Waals surface area contributed by atoms with Crippen LogP contribution in [0.1, 0.15) is 57.4 Å². The van der Waals surface area contributed by atoms with Crippen molar-refractivity contribution in [2.24, 2.45) is 0 Å². The lowest BCUT2D eigenvalue weighted by atomic mass is 10.0. The quantitative estimate of drug-likeness (QED) is 0.634. The van der Waals surface area contributed by atoms with Crippen LogP contribution in [0, 0.1) is 0 Å². The van der Waals surface area contributed by atoms with Gasteiger partial charge in [0.2, 0.25) is 0 Å². The monoisotopic (exact) mass is 248 g/mol. The molecule has 0 saturated heterocycles. The summed E-state index contributed by atoms with van der Waals surface area (Å²) in [7, 11) is 2.09. The normalized spacial score (nSPS) is 12.6. The number of hydrogen-bond donors (Lipinski definition) is 1. The highest BCUT2D eigenvalue weighted by molar-refractivity contribution is 5.09. The highest BCUT2D eigenvalue weighted by Crippen LogP contribution is 2.11. The van der Waals surface area contributed by atoms with Gasteiger partial charge < -0.3 is 5.32 Å². The van der Waals surface area contributed by atoms with Crippen LogP contribution in [0.25, 0.3) is 0 Å². The fraction of sp³-hybridized carbons (Fsp3) is 0.688. The average Bonchev–Trinajstić information content (AvgIpc) is 2.43. The van der Waals surface area contributed by atoms with Crippen molar-refractivity contribution in [1.82, 2.24) is 10.3 Å². The van der Waals surface area contributed by atoms with Gasteiger partial charge >= 0.3 is 0 Å². The molecule has 0 spiro atoms. The number of hydrogen-bond acceptors (Lipinski definition) is 2. The maximum atomic E-state index is 4.06. The first kappa shape index (κ1) is 15.2. The van der Waals surface area contributed by atoms with Gasteiger partial charge in [-0.3, -0.25) is 4.98 Å². The minimum absolute atomic E-state index is 0.666. The van der Waals surface area contributed by atoms with Crippen molar-refractivity contribution in [2.75, 3.05) is 7.05 Å². The molecule has 0 aromatic carbocycles. The minimum Gasteiger partial charge on any atom is -0.317 e. The minimum atomic E-state index is 0.666. The summed E-state index contributed by atoms with van der Waals surface area (Å²) >= 11 is 0. The predicted octanol–water partition coefficient (Wildman–Crippen LogP) is 3.96. The third kappa shape index (κ3) is 6.75.